The summed E-state index contributed by atoms with van der Waals surface area (Å²) in [5.41, 5.74) is 0.436. The third kappa shape index (κ3) is 4.30. The number of amides is 1. The lowest BCUT2D eigenvalue weighted by Crippen LogP contribution is -2.39. The summed E-state index contributed by atoms with van der Waals surface area (Å²) in [4.78, 5) is 10.8. The van der Waals surface area contributed by atoms with Crippen LogP contribution in [0.15, 0.2) is 0 Å². The largest absolute Gasteiger partial charge is 0.378 e. The minimum atomic E-state index is 0.0988. The molecule has 1 unspecified atom stereocenters. The molecule has 102 valence electrons. The highest BCUT2D eigenvalue weighted by Gasteiger charge is 2.62. The molecule has 0 heterocycles. The van der Waals surface area contributed by atoms with Crippen LogP contribution in [-0.4, -0.2) is 24.7 Å². The van der Waals surface area contributed by atoms with E-state index in [1.165, 1.54) is 0 Å². The van der Waals surface area contributed by atoms with Crippen molar-refractivity contribution in [1.29, 1.82) is 0 Å². The first-order valence-electron chi connectivity index (χ1n) is 7.05. The minimum absolute atomic E-state index is 0.0988. The molecule has 0 bridgehead atoms. The lowest BCUT2D eigenvalue weighted by Gasteiger charge is -2.36. The highest BCUT2D eigenvalue weighted by atomic mass is 16.5. The van der Waals surface area contributed by atoms with Gasteiger partial charge in [0.25, 0.3) is 0 Å². The fraction of sp³-hybridized carbons (Fsp3) is 0.929. The average Bonchev–Trinajstić information content (AvgIpc) is 2.97. The van der Waals surface area contributed by atoms with E-state index in [4.69, 9.17) is 4.74 Å². The lowest BCUT2D eigenvalue weighted by atomic mass is 9.78. The molecule has 1 N–H and O–H groups in total. The Morgan fingerprint density at radius 1 is 1.24 bits per heavy atom. The SMILES string of the molecule is CC.CC.CCOC1CC2(C1)CC2NC(C)=O. The van der Waals surface area contributed by atoms with Gasteiger partial charge in [-0.05, 0) is 31.6 Å². The molecule has 17 heavy (non-hydrogen) atoms. The van der Waals surface area contributed by atoms with E-state index in [0.29, 0.717) is 17.6 Å². The fourth-order valence-electron chi connectivity index (χ4n) is 2.45. The Morgan fingerprint density at radius 2 is 1.76 bits per heavy atom. The zero-order valence-corrected chi connectivity index (χ0v) is 12.3. The number of hydrogen-bond acceptors (Lipinski definition) is 2. The van der Waals surface area contributed by atoms with E-state index in [9.17, 15) is 4.79 Å². The van der Waals surface area contributed by atoms with Crippen molar-refractivity contribution in [3.8, 4) is 0 Å². The summed E-state index contributed by atoms with van der Waals surface area (Å²) in [6.45, 7) is 12.4. The Balaban J connectivity index is 0.000000581. The van der Waals surface area contributed by atoms with Gasteiger partial charge in [0, 0.05) is 19.6 Å². The summed E-state index contributed by atoms with van der Waals surface area (Å²) in [6.07, 6.45) is 3.91. The molecular weight excluding hydrogens is 214 g/mol. The molecule has 2 fully saturated rings. The Hall–Kier alpha value is -0.570. The molecule has 0 saturated heterocycles. The highest BCUT2D eigenvalue weighted by molar-refractivity contribution is 5.73. The number of ether oxygens (including phenoxy) is 1. The van der Waals surface area contributed by atoms with E-state index in [1.807, 2.05) is 34.6 Å². The molecule has 2 aliphatic rings. The number of nitrogens with one attached hydrogen (secondary N) is 1. The Morgan fingerprint density at radius 3 is 2.18 bits per heavy atom. The Labute approximate surface area is 106 Å². The van der Waals surface area contributed by atoms with Gasteiger partial charge in [-0.3, -0.25) is 4.79 Å². The summed E-state index contributed by atoms with van der Waals surface area (Å²) in [6, 6.07) is 0.446. The first kappa shape index (κ1) is 16.4. The van der Waals surface area contributed by atoms with Gasteiger partial charge in [-0.25, -0.2) is 0 Å². The number of carbonyl (C=O) groups is 1. The third-order valence-electron chi connectivity index (χ3n) is 3.24. The maximum atomic E-state index is 10.8. The van der Waals surface area contributed by atoms with Crippen LogP contribution < -0.4 is 5.32 Å². The third-order valence-corrected chi connectivity index (χ3v) is 3.24. The zero-order valence-electron chi connectivity index (χ0n) is 12.3. The van der Waals surface area contributed by atoms with Crippen LogP contribution in [0.3, 0.4) is 0 Å². The van der Waals surface area contributed by atoms with Crippen molar-refractivity contribution in [3.05, 3.63) is 0 Å². The molecule has 2 saturated carbocycles. The van der Waals surface area contributed by atoms with Crippen LogP contribution >= 0.6 is 0 Å². The van der Waals surface area contributed by atoms with Gasteiger partial charge in [0.15, 0.2) is 0 Å². The van der Waals surface area contributed by atoms with Gasteiger partial charge in [0.05, 0.1) is 6.10 Å². The van der Waals surface area contributed by atoms with Crippen molar-refractivity contribution in [2.24, 2.45) is 5.41 Å². The van der Waals surface area contributed by atoms with Crippen LogP contribution in [0.2, 0.25) is 0 Å². The quantitative estimate of drug-likeness (QED) is 0.827. The first-order chi connectivity index (χ1) is 8.16. The number of hydrogen-bond donors (Lipinski definition) is 1. The molecule has 0 aromatic rings. The predicted octanol–water partition coefficient (Wildman–Crippen LogP) is 3.13. The average molecular weight is 243 g/mol. The molecular formula is C14H29NO2. The van der Waals surface area contributed by atoms with E-state index < -0.39 is 0 Å². The Bertz CT molecular complexity index is 222. The molecule has 2 aliphatic carbocycles. The van der Waals surface area contributed by atoms with Gasteiger partial charge in [0.2, 0.25) is 5.91 Å². The molecule has 1 atom stereocenters. The van der Waals surface area contributed by atoms with Gasteiger partial charge in [0.1, 0.15) is 0 Å². The van der Waals surface area contributed by atoms with Crippen molar-refractivity contribution in [2.45, 2.75) is 73.0 Å². The van der Waals surface area contributed by atoms with Gasteiger partial charge in [-0.1, -0.05) is 27.7 Å². The monoisotopic (exact) mass is 243 g/mol. The molecule has 0 aromatic carbocycles. The molecule has 0 aliphatic heterocycles. The topological polar surface area (TPSA) is 38.3 Å². The van der Waals surface area contributed by atoms with Crippen molar-refractivity contribution in [3.63, 3.8) is 0 Å². The van der Waals surface area contributed by atoms with Crippen LogP contribution in [0.1, 0.15) is 60.8 Å². The fourth-order valence-corrected chi connectivity index (χ4v) is 2.45. The second-order valence-corrected chi connectivity index (χ2v) is 4.31. The van der Waals surface area contributed by atoms with Gasteiger partial charge < -0.3 is 10.1 Å². The van der Waals surface area contributed by atoms with Crippen LogP contribution in [0.5, 0.6) is 0 Å². The molecule has 1 spiro atoms. The van der Waals surface area contributed by atoms with Gasteiger partial charge in [-0.2, -0.15) is 0 Å². The van der Waals surface area contributed by atoms with Crippen molar-refractivity contribution < 1.29 is 9.53 Å². The normalized spacial score (nSPS) is 32.4. The number of carbonyl (C=O) groups excluding carboxylic acids is 1. The van der Waals surface area contributed by atoms with Gasteiger partial charge in [-0.15, -0.1) is 0 Å². The Kier molecular flexibility index (Phi) is 7.44. The van der Waals surface area contributed by atoms with E-state index in [0.717, 1.165) is 25.9 Å². The van der Waals surface area contributed by atoms with Crippen molar-refractivity contribution in [2.75, 3.05) is 6.61 Å². The summed E-state index contributed by atoms with van der Waals surface area (Å²) in [5, 5.41) is 2.98. The van der Waals surface area contributed by atoms with Crippen LogP contribution in [0.4, 0.5) is 0 Å². The molecule has 0 radical (unpaired) electrons. The molecule has 3 heteroatoms. The lowest BCUT2D eigenvalue weighted by molar-refractivity contribution is -0.119. The first-order valence-corrected chi connectivity index (χ1v) is 7.05. The second-order valence-electron chi connectivity index (χ2n) is 4.31. The minimum Gasteiger partial charge on any atom is -0.378 e. The van der Waals surface area contributed by atoms with E-state index in [1.54, 1.807) is 6.92 Å². The van der Waals surface area contributed by atoms with E-state index in [-0.39, 0.29) is 5.91 Å². The predicted molar refractivity (Wildman–Crippen MR) is 72.0 cm³/mol. The zero-order chi connectivity index (χ0) is 13.5. The maximum absolute atomic E-state index is 10.8. The summed E-state index contributed by atoms with van der Waals surface area (Å²) in [7, 11) is 0. The van der Waals surface area contributed by atoms with Crippen molar-refractivity contribution >= 4 is 5.91 Å². The number of rotatable bonds is 3. The van der Waals surface area contributed by atoms with Crippen LogP contribution in [0, 0.1) is 5.41 Å². The second kappa shape index (κ2) is 7.70. The standard InChI is InChI=1S/C10H17NO2.2C2H6/c1-3-13-8-4-10(5-8)6-9(10)11-7(2)12;2*1-2/h8-9H,3-6H2,1-2H3,(H,11,12);2*1-2H3. The smallest absolute Gasteiger partial charge is 0.217 e. The maximum Gasteiger partial charge on any atom is 0.217 e. The van der Waals surface area contributed by atoms with Crippen LogP contribution in [0.25, 0.3) is 0 Å². The van der Waals surface area contributed by atoms with Crippen molar-refractivity contribution in [1.82, 2.24) is 5.32 Å². The molecule has 3 nitrogen and oxygen atoms in total. The van der Waals surface area contributed by atoms with Crippen LogP contribution in [-0.2, 0) is 9.53 Å². The van der Waals surface area contributed by atoms with E-state index in [2.05, 4.69) is 5.32 Å². The van der Waals surface area contributed by atoms with Gasteiger partial charge >= 0.3 is 0 Å². The highest BCUT2D eigenvalue weighted by Crippen LogP contribution is 2.61. The summed E-state index contributed by atoms with van der Waals surface area (Å²) < 4.78 is 5.49. The molecule has 1 amide bonds. The summed E-state index contributed by atoms with van der Waals surface area (Å²) in [5.74, 6) is 0.0988. The van der Waals surface area contributed by atoms with E-state index >= 15 is 0 Å². The molecule has 2 rings (SSSR count). The molecule has 0 aromatic heterocycles. The summed E-state index contributed by atoms with van der Waals surface area (Å²) >= 11 is 0.